The van der Waals surface area contributed by atoms with E-state index in [0.29, 0.717) is 26.1 Å². The highest BCUT2D eigenvalue weighted by Crippen LogP contribution is 1.97. The van der Waals surface area contributed by atoms with E-state index in [-0.39, 0.29) is 11.9 Å². The first-order chi connectivity index (χ1) is 8.34. The zero-order valence-corrected chi connectivity index (χ0v) is 9.76. The lowest BCUT2D eigenvalue weighted by molar-refractivity contribution is -0.122. The van der Waals surface area contributed by atoms with Gasteiger partial charge in [0.2, 0.25) is 5.91 Å². The molecule has 0 spiro atoms. The number of hydrogen-bond donors (Lipinski definition) is 2. The van der Waals surface area contributed by atoms with Crippen LogP contribution in [-0.2, 0) is 16.1 Å². The van der Waals surface area contributed by atoms with Gasteiger partial charge in [-0.3, -0.25) is 9.48 Å². The molecule has 6 heteroatoms. The predicted octanol–water partition coefficient (Wildman–Crippen LogP) is -0.622. The lowest BCUT2D eigenvalue weighted by Gasteiger charge is -2.23. The molecule has 94 valence electrons. The molecule has 1 aromatic rings. The Hall–Kier alpha value is -1.40. The van der Waals surface area contributed by atoms with Gasteiger partial charge in [0.15, 0.2) is 0 Å². The van der Waals surface area contributed by atoms with Crippen LogP contribution >= 0.6 is 0 Å². The van der Waals surface area contributed by atoms with Crippen molar-refractivity contribution in [2.24, 2.45) is 0 Å². The average Bonchev–Trinajstić information content (AvgIpc) is 2.83. The van der Waals surface area contributed by atoms with Crippen molar-refractivity contribution in [1.29, 1.82) is 0 Å². The zero-order valence-electron chi connectivity index (χ0n) is 9.76. The SMILES string of the molecule is O=C(CC1COCCN1)NCCn1cccn1. The quantitative estimate of drug-likeness (QED) is 0.717. The van der Waals surface area contributed by atoms with Crippen LogP contribution in [0.4, 0.5) is 0 Å². The van der Waals surface area contributed by atoms with Crippen LogP contribution in [-0.4, -0.2) is 48.0 Å². The van der Waals surface area contributed by atoms with E-state index in [9.17, 15) is 4.79 Å². The number of nitrogens with zero attached hydrogens (tertiary/aromatic N) is 2. The normalized spacial score (nSPS) is 20.1. The van der Waals surface area contributed by atoms with Crippen molar-refractivity contribution in [3.8, 4) is 0 Å². The molecule has 17 heavy (non-hydrogen) atoms. The van der Waals surface area contributed by atoms with Gasteiger partial charge in [-0.05, 0) is 6.07 Å². The predicted molar refractivity (Wildman–Crippen MR) is 62.5 cm³/mol. The summed E-state index contributed by atoms with van der Waals surface area (Å²) in [5, 5.41) is 10.2. The molecular formula is C11H18N4O2. The van der Waals surface area contributed by atoms with Crippen molar-refractivity contribution in [3.63, 3.8) is 0 Å². The third kappa shape index (κ3) is 4.16. The summed E-state index contributed by atoms with van der Waals surface area (Å²) in [6.07, 6.45) is 4.08. The molecule has 2 heterocycles. The van der Waals surface area contributed by atoms with Gasteiger partial charge in [-0.15, -0.1) is 0 Å². The first kappa shape index (κ1) is 12.1. The Bertz CT molecular complexity index is 333. The van der Waals surface area contributed by atoms with Gasteiger partial charge >= 0.3 is 0 Å². The minimum absolute atomic E-state index is 0.0557. The summed E-state index contributed by atoms with van der Waals surface area (Å²) in [6, 6.07) is 2.01. The second-order valence-electron chi connectivity index (χ2n) is 4.05. The third-order valence-corrected chi connectivity index (χ3v) is 2.65. The summed E-state index contributed by atoms with van der Waals surface area (Å²) in [5.41, 5.74) is 0. The first-order valence-electron chi connectivity index (χ1n) is 5.90. The molecule has 2 N–H and O–H groups in total. The summed E-state index contributed by atoms with van der Waals surface area (Å²) in [6.45, 7) is 3.48. The Morgan fingerprint density at radius 1 is 1.65 bits per heavy atom. The number of nitrogens with one attached hydrogen (secondary N) is 2. The molecule has 1 aliphatic rings. The highest BCUT2D eigenvalue weighted by Gasteiger charge is 2.16. The monoisotopic (exact) mass is 238 g/mol. The van der Waals surface area contributed by atoms with Crippen LogP contribution in [0.25, 0.3) is 0 Å². The van der Waals surface area contributed by atoms with E-state index in [2.05, 4.69) is 15.7 Å². The average molecular weight is 238 g/mol. The maximum atomic E-state index is 11.6. The van der Waals surface area contributed by atoms with E-state index in [1.807, 2.05) is 12.3 Å². The number of carbonyl (C=O) groups is 1. The summed E-state index contributed by atoms with van der Waals surface area (Å²) < 4.78 is 7.08. The zero-order chi connectivity index (χ0) is 11.9. The van der Waals surface area contributed by atoms with Gasteiger partial charge in [-0.25, -0.2) is 0 Å². The number of amides is 1. The van der Waals surface area contributed by atoms with Crippen LogP contribution in [0.2, 0.25) is 0 Å². The minimum Gasteiger partial charge on any atom is -0.378 e. The molecule has 1 fully saturated rings. The van der Waals surface area contributed by atoms with E-state index in [1.165, 1.54) is 0 Å². The van der Waals surface area contributed by atoms with Crippen molar-refractivity contribution in [2.75, 3.05) is 26.3 Å². The fourth-order valence-corrected chi connectivity index (χ4v) is 1.79. The molecule has 0 aliphatic carbocycles. The van der Waals surface area contributed by atoms with Crippen molar-refractivity contribution >= 4 is 5.91 Å². The Morgan fingerprint density at radius 2 is 2.59 bits per heavy atom. The Kier molecular flexibility index (Phi) is 4.52. The number of morpholine rings is 1. The highest BCUT2D eigenvalue weighted by molar-refractivity contribution is 5.76. The summed E-state index contributed by atoms with van der Waals surface area (Å²) in [5.74, 6) is 0.0557. The van der Waals surface area contributed by atoms with Gasteiger partial charge in [0.25, 0.3) is 0 Å². The molecule has 6 nitrogen and oxygen atoms in total. The van der Waals surface area contributed by atoms with Gasteiger partial charge < -0.3 is 15.4 Å². The third-order valence-electron chi connectivity index (χ3n) is 2.65. The standard InChI is InChI=1S/C11H18N4O2/c16-11(8-10-9-17-7-4-12-10)13-3-6-15-5-1-2-14-15/h1-2,5,10,12H,3-4,6-9H2,(H,13,16). The molecule has 1 atom stereocenters. The number of aromatic nitrogens is 2. The molecule has 0 radical (unpaired) electrons. The Balaban J connectivity index is 1.60. The first-order valence-corrected chi connectivity index (χ1v) is 5.90. The maximum Gasteiger partial charge on any atom is 0.221 e. The Morgan fingerprint density at radius 3 is 3.29 bits per heavy atom. The molecule has 0 aromatic carbocycles. The van der Waals surface area contributed by atoms with Crippen molar-refractivity contribution < 1.29 is 9.53 Å². The van der Waals surface area contributed by atoms with Crippen molar-refractivity contribution in [1.82, 2.24) is 20.4 Å². The fourth-order valence-electron chi connectivity index (χ4n) is 1.79. The van der Waals surface area contributed by atoms with E-state index >= 15 is 0 Å². The molecule has 1 amide bonds. The minimum atomic E-state index is 0.0557. The number of rotatable bonds is 5. The van der Waals surface area contributed by atoms with Crippen LogP contribution in [0, 0.1) is 0 Å². The van der Waals surface area contributed by atoms with Crippen LogP contribution in [0.5, 0.6) is 0 Å². The van der Waals surface area contributed by atoms with Gasteiger partial charge in [0.05, 0.1) is 19.8 Å². The highest BCUT2D eigenvalue weighted by atomic mass is 16.5. The maximum absolute atomic E-state index is 11.6. The second-order valence-corrected chi connectivity index (χ2v) is 4.05. The summed E-state index contributed by atoms with van der Waals surface area (Å²) in [7, 11) is 0. The van der Waals surface area contributed by atoms with Crippen molar-refractivity contribution in [3.05, 3.63) is 18.5 Å². The molecule has 2 rings (SSSR count). The van der Waals surface area contributed by atoms with E-state index in [1.54, 1.807) is 10.9 Å². The van der Waals surface area contributed by atoms with Gasteiger partial charge in [0, 0.05) is 37.9 Å². The lowest BCUT2D eigenvalue weighted by atomic mass is 10.2. The van der Waals surface area contributed by atoms with Crippen molar-refractivity contribution in [2.45, 2.75) is 19.0 Å². The molecule has 0 bridgehead atoms. The van der Waals surface area contributed by atoms with Gasteiger partial charge in [-0.2, -0.15) is 5.10 Å². The number of ether oxygens (including phenoxy) is 1. The van der Waals surface area contributed by atoms with E-state index < -0.39 is 0 Å². The van der Waals surface area contributed by atoms with Crippen LogP contribution in [0.1, 0.15) is 6.42 Å². The molecule has 1 saturated heterocycles. The summed E-state index contributed by atoms with van der Waals surface area (Å²) in [4.78, 5) is 11.6. The van der Waals surface area contributed by atoms with Gasteiger partial charge in [0.1, 0.15) is 0 Å². The molecule has 1 aliphatic heterocycles. The molecule has 1 aromatic heterocycles. The Labute approximate surface area is 100 Å². The molecule has 1 unspecified atom stereocenters. The fraction of sp³-hybridized carbons (Fsp3) is 0.636. The molecular weight excluding hydrogens is 220 g/mol. The van der Waals surface area contributed by atoms with Crippen LogP contribution < -0.4 is 10.6 Å². The van der Waals surface area contributed by atoms with Gasteiger partial charge in [-0.1, -0.05) is 0 Å². The van der Waals surface area contributed by atoms with E-state index in [0.717, 1.165) is 13.2 Å². The van der Waals surface area contributed by atoms with E-state index in [4.69, 9.17) is 4.74 Å². The smallest absolute Gasteiger partial charge is 0.221 e. The van der Waals surface area contributed by atoms with Crippen LogP contribution in [0.15, 0.2) is 18.5 Å². The molecule has 0 saturated carbocycles. The second kappa shape index (κ2) is 6.36. The number of hydrogen-bond acceptors (Lipinski definition) is 4. The number of carbonyl (C=O) groups excluding carboxylic acids is 1. The lowest BCUT2D eigenvalue weighted by Crippen LogP contribution is -2.44. The van der Waals surface area contributed by atoms with Crippen LogP contribution in [0.3, 0.4) is 0 Å². The topological polar surface area (TPSA) is 68.2 Å². The summed E-state index contributed by atoms with van der Waals surface area (Å²) >= 11 is 0. The largest absolute Gasteiger partial charge is 0.378 e.